The van der Waals surface area contributed by atoms with Gasteiger partial charge in [0.15, 0.2) is 0 Å². The molecule has 1 unspecified atom stereocenters. The number of hydrogen-bond donors (Lipinski definition) is 0. The predicted molar refractivity (Wildman–Crippen MR) is 95.9 cm³/mol. The van der Waals surface area contributed by atoms with Crippen molar-refractivity contribution in [2.45, 2.75) is 25.4 Å². The van der Waals surface area contributed by atoms with Crippen molar-refractivity contribution in [1.29, 1.82) is 0 Å². The van der Waals surface area contributed by atoms with Crippen molar-refractivity contribution in [3.05, 3.63) is 35.8 Å². The first-order chi connectivity index (χ1) is 13.8. The topological polar surface area (TPSA) is 123 Å². The Labute approximate surface area is 194 Å². The molecule has 0 saturated carbocycles. The van der Waals surface area contributed by atoms with E-state index in [0.29, 0.717) is 24.2 Å². The third kappa shape index (κ3) is 3.38. The molecule has 0 spiro atoms. The van der Waals surface area contributed by atoms with E-state index in [0.717, 1.165) is 0 Å². The van der Waals surface area contributed by atoms with Gasteiger partial charge in [-0.05, 0) is 24.1 Å². The predicted octanol–water partition coefficient (Wildman–Crippen LogP) is -3.88. The van der Waals surface area contributed by atoms with Crippen molar-refractivity contribution in [3.8, 4) is 0 Å². The normalized spacial score (nSPS) is 23.9. The van der Waals surface area contributed by atoms with Crippen LogP contribution in [0, 0.1) is 5.92 Å². The van der Waals surface area contributed by atoms with Gasteiger partial charge in [-0.1, -0.05) is 0 Å². The van der Waals surface area contributed by atoms with Gasteiger partial charge in [0, 0.05) is 44.5 Å². The molecule has 4 heterocycles. The molecule has 30 heavy (non-hydrogen) atoms. The summed E-state index contributed by atoms with van der Waals surface area (Å²) in [6, 6.07) is 2.15. The van der Waals surface area contributed by atoms with Gasteiger partial charge in [-0.15, -0.1) is 0 Å². The Morgan fingerprint density at radius 3 is 2.57 bits per heavy atom. The van der Waals surface area contributed by atoms with Crippen LogP contribution in [0.25, 0.3) is 0 Å². The summed E-state index contributed by atoms with van der Waals surface area (Å²) >= 11 is 0. The molecule has 3 amide bonds. The molecule has 10 nitrogen and oxygen atoms in total. The Morgan fingerprint density at radius 2 is 1.97 bits per heavy atom. The number of amides is 3. The minimum Gasteiger partial charge on any atom is -0.543 e. The van der Waals surface area contributed by atoms with E-state index in [1.54, 1.807) is 12.1 Å². The molecular weight excluding hydrogens is 403 g/mol. The summed E-state index contributed by atoms with van der Waals surface area (Å²) < 4.78 is 5.35. The summed E-state index contributed by atoms with van der Waals surface area (Å²) in [7, 11) is 1.53. The fourth-order valence-corrected chi connectivity index (χ4v) is 4.44. The first-order valence-corrected chi connectivity index (χ1v) is 9.18. The fraction of sp³-hybridized carbons (Fsp3) is 0.421. The second-order valence-electron chi connectivity index (χ2n) is 7.23. The van der Waals surface area contributed by atoms with Gasteiger partial charge in [-0.25, -0.2) is 4.79 Å². The zero-order chi connectivity index (χ0) is 20.9. The number of β-lactam (4-membered cyclic amide) rings is 1. The van der Waals surface area contributed by atoms with E-state index in [1.807, 2.05) is 0 Å². The Morgan fingerprint density at radius 1 is 1.30 bits per heavy atom. The number of aromatic nitrogens is 1. The van der Waals surface area contributed by atoms with Crippen LogP contribution >= 0.6 is 0 Å². The molecule has 1 aromatic heterocycles. The summed E-state index contributed by atoms with van der Waals surface area (Å²) in [5.74, 6) is -2.45. The van der Waals surface area contributed by atoms with Crippen molar-refractivity contribution in [1.82, 2.24) is 14.8 Å². The van der Waals surface area contributed by atoms with E-state index in [2.05, 4.69) is 4.98 Å². The number of carboxylic acids is 1. The molecule has 4 rings (SSSR count). The zero-order valence-corrected chi connectivity index (χ0v) is 18.9. The Bertz CT molecular complexity index is 936. The van der Waals surface area contributed by atoms with Crippen LogP contribution in [0.4, 0.5) is 10.5 Å². The summed E-state index contributed by atoms with van der Waals surface area (Å²) in [5, 5.41) is 11.8. The van der Waals surface area contributed by atoms with Gasteiger partial charge in [0.05, 0.1) is 17.7 Å². The van der Waals surface area contributed by atoms with E-state index in [4.69, 9.17) is 4.74 Å². The number of piperidine rings is 1. The number of likely N-dealkylation sites (tertiary alicyclic amines) is 1. The van der Waals surface area contributed by atoms with Gasteiger partial charge in [-0.2, -0.15) is 0 Å². The average molecular weight is 422 g/mol. The molecular formula is C19H19N4NaO6. The number of hydrogen-bond acceptors (Lipinski definition) is 7. The van der Waals surface area contributed by atoms with E-state index < -0.39 is 30.1 Å². The van der Waals surface area contributed by atoms with Crippen LogP contribution in [0.1, 0.15) is 13.3 Å². The number of anilines is 1. The number of nitrogens with zero attached hydrogens (tertiary/aromatic N) is 4. The molecule has 0 bridgehead atoms. The summed E-state index contributed by atoms with van der Waals surface area (Å²) in [4.78, 5) is 56.3. The maximum atomic E-state index is 12.5. The average Bonchev–Trinajstić information content (AvgIpc) is 3.04. The number of pyridine rings is 1. The molecule has 0 N–H and O–H groups in total. The molecule has 0 radical (unpaired) electrons. The van der Waals surface area contributed by atoms with Crippen LogP contribution in [0.2, 0.25) is 0 Å². The fourth-order valence-electron chi connectivity index (χ4n) is 4.44. The van der Waals surface area contributed by atoms with Crippen LogP contribution in [0.5, 0.6) is 0 Å². The number of carbonyl (C=O) groups excluding carboxylic acids is 4. The van der Waals surface area contributed by atoms with Crippen molar-refractivity contribution >= 4 is 29.6 Å². The largest absolute Gasteiger partial charge is 1.00 e. The first kappa shape index (κ1) is 22.3. The Balaban J connectivity index is 0.00000256. The first-order valence-electron chi connectivity index (χ1n) is 9.18. The van der Waals surface area contributed by atoms with E-state index in [9.17, 15) is 24.3 Å². The number of rotatable bonds is 4. The summed E-state index contributed by atoms with van der Waals surface area (Å²) in [5.41, 5.74) is 0.677. The second kappa shape index (κ2) is 8.37. The van der Waals surface area contributed by atoms with E-state index in [1.165, 1.54) is 41.1 Å². The van der Waals surface area contributed by atoms with Gasteiger partial charge in [0.25, 0.3) is 5.91 Å². The van der Waals surface area contributed by atoms with Crippen molar-refractivity contribution in [2.24, 2.45) is 5.92 Å². The Kier molecular flexibility index (Phi) is 6.21. The van der Waals surface area contributed by atoms with Gasteiger partial charge in [0.2, 0.25) is 5.91 Å². The van der Waals surface area contributed by atoms with Crippen LogP contribution in [-0.4, -0.2) is 70.9 Å². The molecule has 11 heteroatoms. The third-order valence-electron chi connectivity index (χ3n) is 5.81. The third-order valence-corrected chi connectivity index (χ3v) is 5.81. The van der Waals surface area contributed by atoms with Crippen molar-refractivity contribution in [2.75, 3.05) is 25.1 Å². The SMILES string of the molecule is CC(=O)N1CCC2C(COC(=O)N(C)c3ccncc3)=C(C(=O)[O-])N3C(=O)[C@@H]1[C@@H]23.[Na+]. The van der Waals surface area contributed by atoms with Gasteiger partial charge in [-0.3, -0.25) is 19.5 Å². The molecule has 2 saturated heterocycles. The summed E-state index contributed by atoms with van der Waals surface area (Å²) in [6.07, 6.45) is 2.88. The Hall–Kier alpha value is -2.43. The zero-order valence-electron chi connectivity index (χ0n) is 16.9. The monoisotopic (exact) mass is 422 g/mol. The molecule has 152 valence electrons. The maximum absolute atomic E-state index is 12.5. The van der Waals surface area contributed by atoms with Gasteiger partial charge < -0.3 is 24.4 Å². The van der Waals surface area contributed by atoms with Crippen LogP contribution < -0.4 is 39.6 Å². The van der Waals surface area contributed by atoms with Gasteiger partial charge >= 0.3 is 35.7 Å². The molecule has 1 aromatic rings. The van der Waals surface area contributed by atoms with Crippen LogP contribution in [0.15, 0.2) is 35.8 Å². The smallest absolute Gasteiger partial charge is 0.543 e. The van der Waals surface area contributed by atoms with Crippen molar-refractivity contribution in [3.63, 3.8) is 0 Å². The van der Waals surface area contributed by atoms with Crippen LogP contribution in [-0.2, 0) is 19.1 Å². The molecule has 2 fully saturated rings. The minimum absolute atomic E-state index is 0. The molecule has 0 aromatic carbocycles. The number of carbonyl (C=O) groups is 4. The van der Waals surface area contributed by atoms with E-state index in [-0.39, 0.29) is 53.7 Å². The summed E-state index contributed by atoms with van der Waals surface area (Å²) in [6.45, 7) is 1.46. The molecule has 3 aliphatic rings. The van der Waals surface area contributed by atoms with Gasteiger partial charge in [0.1, 0.15) is 12.6 Å². The molecule has 3 atom stereocenters. The standard InChI is InChI=1S/C19H20N4O6.Na/c1-10(24)22-8-5-12-13(15(18(26)27)23-14(12)16(22)17(23)25)9-29-19(28)21(2)11-3-6-20-7-4-11;/h3-4,6-7,12,14,16H,5,8-9H2,1-2H3,(H,26,27);/q;+1/p-1/t12?,14-,16+;/m1./s1. The van der Waals surface area contributed by atoms with Crippen LogP contribution in [0.3, 0.4) is 0 Å². The quantitative estimate of drug-likeness (QED) is 0.359. The molecule has 3 aliphatic heterocycles. The maximum Gasteiger partial charge on any atom is 1.00 e. The molecule has 0 aliphatic carbocycles. The van der Waals surface area contributed by atoms with Crippen molar-refractivity contribution < 1.29 is 58.6 Å². The minimum atomic E-state index is -1.49. The number of aliphatic carboxylic acids is 1. The second-order valence-corrected chi connectivity index (χ2v) is 7.23. The number of carboxylic acid groups (broad SMARTS) is 1. The number of ether oxygens (including phenoxy) is 1. The van der Waals surface area contributed by atoms with E-state index >= 15 is 0 Å².